The fourth-order valence-electron chi connectivity index (χ4n) is 4.01. The van der Waals surface area contributed by atoms with Crippen molar-refractivity contribution in [2.45, 2.75) is 31.5 Å². The molecule has 0 bridgehead atoms. The first-order valence-electron chi connectivity index (χ1n) is 9.23. The van der Waals surface area contributed by atoms with Crippen LogP contribution < -0.4 is 0 Å². The SMILES string of the molecule is CN1CCN(C2CCc3nn(-c4ccc(C(F)(F)F)cc4)c(O)c3C2)CC1. The van der Waals surface area contributed by atoms with Gasteiger partial charge in [0.25, 0.3) is 0 Å². The number of rotatable bonds is 2. The molecule has 1 aliphatic heterocycles. The smallest absolute Gasteiger partial charge is 0.416 e. The van der Waals surface area contributed by atoms with Gasteiger partial charge in [-0.1, -0.05) is 0 Å². The minimum absolute atomic E-state index is 0.0450. The van der Waals surface area contributed by atoms with Gasteiger partial charge in [-0.25, -0.2) is 4.68 Å². The Hall–Kier alpha value is -2.06. The van der Waals surface area contributed by atoms with Gasteiger partial charge in [-0.2, -0.15) is 18.3 Å². The quantitative estimate of drug-likeness (QED) is 0.870. The standard InChI is InChI=1S/C19H23F3N4O/c1-24-8-10-25(11-9-24)15-6-7-17-16(12-15)18(27)26(23-17)14-4-2-13(3-5-14)19(20,21)22/h2-5,15,27H,6-12H2,1H3. The summed E-state index contributed by atoms with van der Waals surface area (Å²) < 4.78 is 39.6. The molecule has 1 fully saturated rings. The van der Waals surface area contributed by atoms with Gasteiger partial charge in [0.2, 0.25) is 5.88 Å². The maximum absolute atomic E-state index is 12.8. The maximum atomic E-state index is 12.8. The number of hydrogen-bond acceptors (Lipinski definition) is 4. The summed E-state index contributed by atoms with van der Waals surface area (Å²) >= 11 is 0. The molecule has 1 unspecified atom stereocenters. The van der Waals surface area contributed by atoms with E-state index in [1.807, 2.05) is 0 Å². The zero-order valence-corrected chi connectivity index (χ0v) is 15.2. The van der Waals surface area contributed by atoms with E-state index in [2.05, 4.69) is 21.9 Å². The number of halogens is 3. The first kappa shape index (κ1) is 18.3. The van der Waals surface area contributed by atoms with Crippen molar-refractivity contribution < 1.29 is 18.3 Å². The van der Waals surface area contributed by atoms with E-state index < -0.39 is 11.7 Å². The van der Waals surface area contributed by atoms with Gasteiger partial charge in [-0.3, -0.25) is 4.90 Å². The molecule has 1 aromatic heterocycles. The van der Waals surface area contributed by atoms with Gasteiger partial charge < -0.3 is 10.0 Å². The normalized spacial score (nSPS) is 22.0. The lowest BCUT2D eigenvalue weighted by Crippen LogP contribution is -2.50. The molecular formula is C19H23F3N4O. The second-order valence-corrected chi connectivity index (χ2v) is 7.44. The minimum Gasteiger partial charge on any atom is -0.493 e. The highest BCUT2D eigenvalue weighted by atomic mass is 19.4. The van der Waals surface area contributed by atoms with Crippen molar-refractivity contribution in [1.82, 2.24) is 19.6 Å². The number of alkyl halides is 3. The van der Waals surface area contributed by atoms with Crippen LogP contribution in [0.15, 0.2) is 24.3 Å². The first-order chi connectivity index (χ1) is 12.8. The van der Waals surface area contributed by atoms with Crippen LogP contribution in [0.2, 0.25) is 0 Å². The molecule has 2 aromatic rings. The molecule has 1 saturated heterocycles. The molecule has 5 nitrogen and oxygen atoms in total. The molecule has 0 spiro atoms. The Balaban J connectivity index is 1.55. The molecule has 146 valence electrons. The van der Waals surface area contributed by atoms with Crippen molar-refractivity contribution in [1.29, 1.82) is 0 Å². The van der Waals surface area contributed by atoms with Crippen LogP contribution in [0, 0.1) is 0 Å². The van der Waals surface area contributed by atoms with Crippen molar-refractivity contribution in [2.75, 3.05) is 33.2 Å². The van der Waals surface area contributed by atoms with Gasteiger partial charge in [0.05, 0.1) is 16.9 Å². The summed E-state index contributed by atoms with van der Waals surface area (Å²) in [5.74, 6) is 0.0450. The summed E-state index contributed by atoms with van der Waals surface area (Å²) in [5, 5.41) is 15.1. The van der Waals surface area contributed by atoms with Gasteiger partial charge in [-0.05, 0) is 50.6 Å². The second-order valence-electron chi connectivity index (χ2n) is 7.44. The van der Waals surface area contributed by atoms with E-state index in [-0.39, 0.29) is 5.88 Å². The lowest BCUT2D eigenvalue weighted by molar-refractivity contribution is -0.137. The second kappa shape index (κ2) is 6.83. The van der Waals surface area contributed by atoms with E-state index in [1.54, 1.807) is 0 Å². The fourth-order valence-corrected chi connectivity index (χ4v) is 4.01. The van der Waals surface area contributed by atoms with Crippen LogP contribution in [0.5, 0.6) is 5.88 Å². The van der Waals surface area contributed by atoms with Crippen LogP contribution in [0.4, 0.5) is 13.2 Å². The molecule has 0 saturated carbocycles. The Morgan fingerprint density at radius 1 is 1.07 bits per heavy atom. The number of aromatic hydroxyl groups is 1. The molecule has 8 heteroatoms. The highest BCUT2D eigenvalue weighted by Gasteiger charge is 2.32. The van der Waals surface area contributed by atoms with Crippen molar-refractivity contribution in [3.05, 3.63) is 41.1 Å². The molecule has 1 aromatic carbocycles. The number of aryl methyl sites for hydroxylation is 1. The Kier molecular flexibility index (Phi) is 4.63. The van der Waals surface area contributed by atoms with E-state index in [1.165, 1.54) is 16.8 Å². The summed E-state index contributed by atoms with van der Waals surface area (Å²) in [6.45, 7) is 4.12. The molecule has 1 N–H and O–H groups in total. The predicted octanol–water partition coefficient (Wildman–Crippen LogP) is 2.70. The van der Waals surface area contributed by atoms with E-state index >= 15 is 0 Å². The fraction of sp³-hybridized carbons (Fsp3) is 0.526. The van der Waals surface area contributed by atoms with Gasteiger partial charge in [0.15, 0.2) is 0 Å². The van der Waals surface area contributed by atoms with Gasteiger partial charge in [0.1, 0.15) is 0 Å². The average molecular weight is 380 g/mol. The molecule has 1 aliphatic carbocycles. The van der Waals surface area contributed by atoms with E-state index in [9.17, 15) is 18.3 Å². The van der Waals surface area contributed by atoms with Gasteiger partial charge >= 0.3 is 6.18 Å². The van der Waals surface area contributed by atoms with Crippen LogP contribution >= 0.6 is 0 Å². The average Bonchev–Trinajstić information content (AvgIpc) is 2.98. The summed E-state index contributed by atoms with van der Waals surface area (Å²) in [6, 6.07) is 5.10. The van der Waals surface area contributed by atoms with Gasteiger partial charge in [0, 0.05) is 37.8 Å². The summed E-state index contributed by atoms with van der Waals surface area (Å²) in [7, 11) is 2.12. The molecule has 2 aliphatic rings. The van der Waals surface area contributed by atoms with Crippen molar-refractivity contribution >= 4 is 0 Å². The summed E-state index contributed by atoms with van der Waals surface area (Å²) in [6.07, 6.45) is -1.89. The van der Waals surface area contributed by atoms with E-state index in [4.69, 9.17) is 0 Å². The minimum atomic E-state index is -4.38. The van der Waals surface area contributed by atoms with Crippen molar-refractivity contribution in [3.8, 4) is 11.6 Å². The zero-order chi connectivity index (χ0) is 19.2. The molecular weight excluding hydrogens is 357 g/mol. The number of hydrogen-bond donors (Lipinski definition) is 1. The van der Waals surface area contributed by atoms with Crippen LogP contribution in [0.25, 0.3) is 5.69 Å². The van der Waals surface area contributed by atoms with Crippen LogP contribution in [0.1, 0.15) is 23.2 Å². The molecule has 4 rings (SSSR count). The van der Waals surface area contributed by atoms with E-state index in [0.717, 1.165) is 68.8 Å². The number of piperazine rings is 1. The number of aromatic nitrogens is 2. The molecule has 1 atom stereocenters. The molecule has 0 radical (unpaired) electrons. The van der Waals surface area contributed by atoms with Crippen LogP contribution in [-0.2, 0) is 19.0 Å². The lowest BCUT2D eigenvalue weighted by atomic mass is 9.91. The monoisotopic (exact) mass is 380 g/mol. The largest absolute Gasteiger partial charge is 0.493 e. The highest BCUT2D eigenvalue weighted by Crippen LogP contribution is 2.34. The Morgan fingerprint density at radius 3 is 2.37 bits per heavy atom. The molecule has 0 amide bonds. The third-order valence-electron chi connectivity index (χ3n) is 5.69. The Labute approximate surface area is 156 Å². The zero-order valence-electron chi connectivity index (χ0n) is 15.2. The number of benzene rings is 1. The molecule has 27 heavy (non-hydrogen) atoms. The van der Waals surface area contributed by atoms with Crippen LogP contribution in [0.3, 0.4) is 0 Å². The predicted molar refractivity (Wildman–Crippen MR) is 95.1 cm³/mol. The topological polar surface area (TPSA) is 44.5 Å². The third kappa shape index (κ3) is 3.55. The summed E-state index contributed by atoms with van der Waals surface area (Å²) in [4.78, 5) is 4.78. The van der Waals surface area contributed by atoms with Crippen LogP contribution in [-0.4, -0.2) is 64.0 Å². The maximum Gasteiger partial charge on any atom is 0.416 e. The number of likely N-dealkylation sites (N-methyl/N-ethyl adjacent to an activating group) is 1. The number of fused-ring (bicyclic) bond motifs is 1. The van der Waals surface area contributed by atoms with Crippen molar-refractivity contribution in [3.63, 3.8) is 0 Å². The summed E-state index contributed by atoms with van der Waals surface area (Å²) in [5.41, 5.74) is 1.40. The molecule has 2 heterocycles. The van der Waals surface area contributed by atoms with E-state index in [0.29, 0.717) is 11.7 Å². The van der Waals surface area contributed by atoms with Crippen molar-refractivity contribution in [2.24, 2.45) is 0 Å². The highest BCUT2D eigenvalue weighted by molar-refractivity contribution is 5.43. The Morgan fingerprint density at radius 2 is 1.74 bits per heavy atom. The van der Waals surface area contributed by atoms with Gasteiger partial charge in [-0.15, -0.1) is 0 Å². The lowest BCUT2D eigenvalue weighted by Gasteiger charge is -2.39. The third-order valence-corrected chi connectivity index (χ3v) is 5.69. The first-order valence-corrected chi connectivity index (χ1v) is 9.23. The Bertz CT molecular complexity index is 808. The number of nitrogens with zero attached hydrogens (tertiary/aromatic N) is 4.